The zero-order valence-electron chi connectivity index (χ0n) is 9.79. The van der Waals surface area contributed by atoms with Gasteiger partial charge in [-0.1, -0.05) is 12.2 Å². The number of pyridine rings is 1. The van der Waals surface area contributed by atoms with E-state index >= 15 is 0 Å². The number of nitrogens with zero attached hydrogens (tertiary/aromatic N) is 2. The van der Waals surface area contributed by atoms with Gasteiger partial charge in [0.05, 0.1) is 4.92 Å². The van der Waals surface area contributed by atoms with Crippen molar-refractivity contribution in [3.05, 3.63) is 40.1 Å². The molecule has 0 radical (unpaired) electrons. The van der Waals surface area contributed by atoms with E-state index in [1.54, 1.807) is 0 Å². The average molecular weight is 251 g/mol. The van der Waals surface area contributed by atoms with Gasteiger partial charge in [-0.05, 0) is 19.4 Å². The molecule has 7 heteroatoms. The molecule has 0 unspecified atom stereocenters. The lowest BCUT2D eigenvalue weighted by Crippen LogP contribution is -2.09. The topological polar surface area (TPSA) is 105 Å². The number of allylic oxidation sites excluding steroid dienone is 1. The number of hydrogen-bond acceptors (Lipinski definition) is 5. The van der Waals surface area contributed by atoms with Crippen LogP contribution in [0.4, 0.5) is 11.5 Å². The Morgan fingerprint density at radius 3 is 2.89 bits per heavy atom. The van der Waals surface area contributed by atoms with Crippen LogP contribution < -0.4 is 5.32 Å². The maximum absolute atomic E-state index is 10.8. The maximum atomic E-state index is 10.8. The quantitative estimate of drug-likeness (QED) is 0.347. The Kier molecular flexibility index (Phi) is 4.79. The van der Waals surface area contributed by atoms with E-state index < -0.39 is 10.9 Å². The molecule has 0 spiro atoms. The SMILES string of the molecule is C/C=C/CCNc1nc(C(=O)O)ccc1[N+](=O)[O-]. The third kappa shape index (κ3) is 3.55. The Hall–Kier alpha value is -2.44. The number of hydrogen-bond donors (Lipinski definition) is 2. The minimum atomic E-state index is -1.22. The predicted molar refractivity (Wildman–Crippen MR) is 65.8 cm³/mol. The third-order valence-corrected chi connectivity index (χ3v) is 2.13. The van der Waals surface area contributed by atoms with E-state index in [1.807, 2.05) is 19.1 Å². The van der Waals surface area contributed by atoms with E-state index in [9.17, 15) is 14.9 Å². The number of rotatable bonds is 6. The first-order valence-electron chi connectivity index (χ1n) is 5.30. The largest absolute Gasteiger partial charge is 0.477 e. The number of carboxylic acids is 1. The maximum Gasteiger partial charge on any atom is 0.354 e. The van der Waals surface area contributed by atoms with Crippen molar-refractivity contribution in [2.45, 2.75) is 13.3 Å². The number of aromatic carboxylic acids is 1. The fraction of sp³-hybridized carbons (Fsp3) is 0.273. The summed E-state index contributed by atoms with van der Waals surface area (Å²) in [6.45, 7) is 2.31. The van der Waals surface area contributed by atoms with Gasteiger partial charge in [-0.3, -0.25) is 10.1 Å². The summed E-state index contributed by atoms with van der Waals surface area (Å²) >= 11 is 0. The van der Waals surface area contributed by atoms with Crippen LogP contribution >= 0.6 is 0 Å². The van der Waals surface area contributed by atoms with Crippen molar-refractivity contribution in [2.24, 2.45) is 0 Å². The minimum Gasteiger partial charge on any atom is -0.477 e. The molecule has 0 saturated heterocycles. The second kappa shape index (κ2) is 6.33. The molecular formula is C11H13N3O4. The monoisotopic (exact) mass is 251 g/mol. The Bertz CT molecular complexity index is 485. The summed E-state index contributed by atoms with van der Waals surface area (Å²) in [4.78, 5) is 24.6. The Labute approximate surface area is 103 Å². The van der Waals surface area contributed by atoms with Gasteiger partial charge in [-0.2, -0.15) is 0 Å². The summed E-state index contributed by atoms with van der Waals surface area (Å²) in [6.07, 6.45) is 4.42. The molecule has 7 nitrogen and oxygen atoms in total. The Morgan fingerprint density at radius 1 is 1.61 bits per heavy atom. The molecule has 0 aliphatic heterocycles. The predicted octanol–water partition coefficient (Wildman–Crippen LogP) is 2.07. The first kappa shape index (κ1) is 13.6. The second-order valence-electron chi connectivity index (χ2n) is 3.41. The molecule has 96 valence electrons. The average Bonchev–Trinajstić information content (AvgIpc) is 2.34. The van der Waals surface area contributed by atoms with Crippen LogP contribution in [-0.2, 0) is 0 Å². The highest BCUT2D eigenvalue weighted by atomic mass is 16.6. The highest BCUT2D eigenvalue weighted by Crippen LogP contribution is 2.22. The van der Waals surface area contributed by atoms with Crippen LogP contribution in [0.15, 0.2) is 24.3 Å². The van der Waals surface area contributed by atoms with Gasteiger partial charge in [0.15, 0.2) is 5.69 Å². The lowest BCUT2D eigenvalue weighted by Gasteiger charge is -2.05. The van der Waals surface area contributed by atoms with Crippen LogP contribution in [0.5, 0.6) is 0 Å². The molecule has 0 aliphatic carbocycles. The van der Waals surface area contributed by atoms with Crippen LogP contribution in [0.2, 0.25) is 0 Å². The van der Waals surface area contributed by atoms with Crippen molar-refractivity contribution < 1.29 is 14.8 Å². The van der Waals surface area contributed by atoms with E-state index in [2.05, 4.69) is 10.3 Å². The summed E-state index contributed by atoms with van der Waals surface area (Å²) < 4.78 is 0. The molecule has 2 N–H and O–H groups in total. The molecule has 1 rings (SSSR count). The minimum absolute atomic E-state index is 0.0237. The molecule has 0 aliphatic rings. The number of carboxylic acid groups (broad SMARTS) is 1. The fourth-order valence-electron chi connectivity index (χ4n) is 1.29. The van der Waals surface area contributed by atoms with E-state index in [0.717, 1.165) is 12.1 Å². The van der Waals surface area contributed by atoms with Gasteiger partial charge in [0.2, 0.25) is 5.82 Å². The van der Waals surface area contributed by atoms with Gasteiger partial charge in [0.1, 0.15) is 0 Å². The van der Waals surface area contributed by atoms with Crippen molar-refractivity contribution in [3.63, 3.8) is 0 Å². The summed E-state index contributed by atoms with van der Waals surface area (Å²) in [6, 6.07) is 2.24. The number of nitrogens with one attached hydrogen (secondary N) is 1. The lowest BCUT2D eigenvalue weighted by atomic mass is 10.3. The highest BCUT2D eigenvalue weighted by Gasteiger charge is 2.17. The zero-order chi connectivity index (χ0) is 13.5. The van der Waals surface area contributed by atoms with E-state index in [0.29, 0.717) is 13.0 Å². The molecular weight excluding hydrogens is 238 g/mol. The number of anilines is 1. The van der Waals surface area contributed by atoms with Gasteiger partial charge >= 0.3 is 11.7 Å². The van der Waals surface area contributed by atoms with Crippen LogP contribution in [0.1, 0.15) is 23.8 Å². The van der Waals surface area contributed by atoms with Crippen molar-refractivity contribution in [2.75, 3.05) is 11.9 Å². The summed E-state index contributed by atoms with van der Waals surface area (Å²) in [5, 5.41) is 22.3. The number of nitro groups is 1. The van der Waals surface area contributed by atoms with Gasteiger partial charge < -0.3 is 10.4 Å². The van der Waals surface area contributed by atoms with Gasteiger partial charge in [0, 0.05) is 12.6 Å². The van der Waals surface area contributed by atoms with Crippen molar-refractivity contribution in [1.29, 1.82) is 0 Å². The van der Waals surface area contributed by atoms with Crippen molar-refractivity contribution in [3.8, 4) is 0 Å². The molecule has 0 saturated carbocycles. The van der Waals surface area contributed by atoms with Crippen LogP contribution in [-0.4, -0.2) is 27.5 Å². The van der Waals surface area contributed by atoms with Crippen molar-refractivity contribution in [1.82, 2.24) is 4.98 Å². The van der Waals surface area contributed by atoms with E-state index in [4.69, 9.17) is 5.11 Å². The van der Waals surface area contributed by atoms with Gasteiger partial charge in [0.25, 0.3) is 0 Å². The van der Waals surface area contributed by atoms with Crippen LogP contribution in [0, 0.1) is 10.1 Å². The van der Waals surface area contributed by atoms with Crippen molar-refractivity contribution >= 4 is 17.5 Å². The highest BCUT2D eigenvalue weighted by molar-refractivity contribution is 5.86. The zero-order valence-corrected chi connectivity index (χ0v) is 9.79. The first-order chi connectivity index (χ1) is 8.56. The second-order valence-corrected chi connectivity index (χ2v) is 3.41. The molecule has 18 heavy (non-hydrogen) atoms. The van der Waals surface area contributed by atoms with E-state index in [1.165, 1.54) is 0 Å². The summed E-state index contributed by atoms with van der Waals surface area (Å²) in [5.41, 5.74) is -0.463. The first-order valence-corrected chi connectivity index (χ1v) is 5.30. The van der Waals surface area contributed by atoms with Gasteiger partial charge in [-0.25, -0.2) is 9.78 Å². The standard InChI is InChI=1S/C11H13N3O4/c1-2-3-4-7-12-10-9(14(17)18)6-5-8(13-10)11(15)16/h2-3,5-6H,4,7H2,1H3,(H,12,13)(H,15,16)/b3-2+. The summed E-state index contributed by atoms with van der Waals surface area (Å²) in [5.74, 6) is -1.24. The van der Waals surface area contributed by atoms with Gasteiger partial charge in [-0.15, -0.1) is 0 Å². The molecule has 1 heterocycles. The molecule has 0 amide bonds. The molecule has 0 aromatic carbocycles. The van der Waals surface area contributed by atoms with Crippen LogP contribution in [0.3, 0.4) is 0 Å². The number of aromatic nitrogens is 1. The molecule has 1 aromatic rings. The molecule has 0 fully saturated rings. The Morgan fingerprint density at radius 2 is 2.33 bits per heavy atom. The lowest BCUT2D eigenvalue weighted by molar-refractivity contribution is -0.384. The molecule has 1 aromatic heterocycles. The Balaban J connectivity index is 2.93. The smallest absolute Gasteiger partial charge is 0.354 e. The fourth-order valence-corrected chi connectivity index (χ4v) is 1.29. The van der Waals surface area contributed by atoms with Crippen LogP contribution in [0.25, 0.3) is 0 Å². The summed E-state index contributed by atoms with van der Waals surface area (Å²) in [7, 11) is 0. The molecule has 0 bridgehead atoms. The van der Waals surface area contributed by atoms with E-state index in [-0.39, 0.29) is 17.2 Å². The molecule has 0 atom stereocenters. The number of carbonyl (C=O) groups is 1. The third-order valence-electron chi connectivity index (χ3n) is 2.13. The normalized spacial score (nSPS) is 10.5.